The first-order valence-corrected chi connectivity index (χ1v) is 4.90. The number of ketones is 1. The van der Waals surface area contributed by atoms with E-state index in [4.69, 9.17) is 0 Å². The molecule has 0 aromatic heterocycles. The van der Waals surface area contributed by atoms with Gasteiger partial charge in [0.1, 0.15) is 0 Å². The molecule has 1 atom stereocenters. The van der Waals surface area contributed by atoms with Crippen LogP contribution < -0.4 is 0 Å². The first-order chi connectivity index (χ1) is 5.61. The summed E-state index contributed by atoms with van der Waals surface area (Å²) in [6.07, 6.45) is 0. The minimum absolute atomic E-state index is 0.363. The SMILES string of the molecule is O=C(c1ccc(Br)cc1)C(F)Br. The maximum Gasteiger partial charge on any atom is 0.217 e. The number of halogens is 3. The molecule has 0 spiro atoms. The first-order valence-electron chi connectivity index (χ1n) is 3.19. The van der Waals surface area contributed by atoms with Crippen LogP contribution in [0.4, 0.5) is 4.39 Å². The largest absolute Gasteiger partial charge is 0.290 e. The summed E-state index contributed by atoms with van der Waals surface area (Å²) in [5, 5.41) is -1.61. The number of alkyl halides is 2. The molecule has 0 aliphatic carbocycles. The van der Waals surface area contributed by atoms with Crippen LogP contribution in [0.25, 0.3) is 0 Å². The van der Waals surface area contributed by atoms with Crippen LogP contribution in [0.15, 0.2) is 28.7 Å². The van der Waals surface area contributed by atoms with Gasteiger partial charge in [-0.3, -0.25) is 4.79 Å². The van der Waals surface area contributed by atoms with E-state index in [0.717, 1.165) is 4.47 Å². The number of hydrogen-bond donors (Lipinski definition) is 0. The molecule has 0 bridgehead atoms. The fraction of sp³-hybridized carbons (Fsp3) is 0.125. The number of carbonyl (C=O) groups is 1. The molecule has 12 heavy (non-hydrogen) atoms. The van der Waals surface area contributed by atoms with E-state index in [1.54, 1.807) is 24.3 Å². The normalized spacial score (nSPS) is 12.6. The summed E-state index contributed by atoms with van der Waals surface area (Å²) in [6, 6.07) is 6.53. The Morgan fingerprint density at radius 2 is 1.83 bits per heavy atom. The molecule has 64 valence electrons. The van der Waals surface area contributed by atoms with E-state index < -0.39 is 10.9 Å². The average Bonchev–Trinajstić information content (AvgIpc) is 2.04. The summed E-state index contributed by atoms with van der Waals surface area (Å²) in [6.45, 7) is 0. The van der Waals surface area contributed by atoms with Crippen LogP contribution in [0.1, 0.15) is 10.4 Å². The molecule has 0 fully saturated rings. The molecule has 0 saturated heterocycles. The van der Waals surface area contributed by atoms with Crippen LogP contribution in [-0.4, -0.2) is 10.9 Å². The van der Waals surface area contributed by atoms with Crippen LogP contribution in [0, 0.1) is 0 Å². The summed E-state index contributed by atoms with van der Waals surface area (Å²) in [4.78, 5) is 11.0. The van der Waals surface area contributed by atoms with Crippen molar-refractivity contribution < 1.29 is 9.18 Å². The molecule has 4 heteroatoms. The van der Waals surface area contributed by atoms with Crippen molar-refractivity contribution in [1.29, 1.82) is 0 Å². The van der Waals surface area contributed by atoms with Gasteiger partial charge in [0.25, 0.3) is 0 Å². The van der Waals surface area contributed by atoms with Gasteiger partial charge in [-0.15, -0.1) is 0 Å². The third-order valence-corrected chi connectivity index (χ3v) is 2.27. The van der Waals surface area contributed by atoms with Crippen LogP contribution in [0.2, 0.25) is 0 Å². The summed E-state index contributed by atoms with van der Waals surface area (Å²) in [5.41, 5.74) is 0.363. The Kier molecular flexibility index (Phi) is 3.40. The maximum atomic E-state index is 12.4. The molecule has 0 heterocycles. The lowest BCUT2D eigenvalue weighted by Crippen LogP contribution is -2.07. The zero-order valence-electron chi connectivity index (χ0n) is 5.93. The summed E-state index contributed by atoms with van der Waals surface area (Å²) >= 11 is 5.78. The van der Waals surface area contributed by atoms with E-state index in [-0.39, 0.29) is 0 Å². The van der Waals surface area contributed by atoms with E-state index in [1.807, 2.05) is 0 Å². The highest BCUT2D eigenvalue weighted by Gasteiger charge is 2.14. The second-order valence-electron chi connectivity index (χ2n) is 2.17. The van der Waals surface area contributed by atoms with Gasteiger partial charge in [-0.05, 0) is 28.1 Å². The molecular weight excluding hydrogens is 291 g/mol. The zero-order chi connectivity index (χ0) is 9.14. The predicted octanol–water partition coefficient (Wildman–Crippen LogP) is 3.32. The van der Waals surface area contributed by atoms with Gasteiger partial charge >= 0.3 is 0 Å². The molecule has 1 nitrogen and oxygen atoms in total. The Morgan fingerprint density at radius 1 is 1.33 bits per heavy atom. The molecular formula is C8H5Br2FO. The lowest BCUT2D eigenvalue weighted by atomic mass is 10.1. The Morgan fingerprint density at radius 3 is 2.25 bits per heavy atom. The van der Waals surface area contributed by atoms with Crippen molar-refractivity contribution in [3.63, 3.8) is 0 Å². The van der Waals surface area contributed by atoms with Crippen molar-refractivity contribution in [2.24, 2.45) is 0 Å². The second kappa shape index (κ2) is 4.14. The summed E-state index contributed by atoms with van der Waals surface area (Å²) in [7, 11) is 0. The molecule has 0 amide bonds. The molecule has 1 rings (SSSR count). The standard InChI is InChI=1S/C8H5Br2FO/c9-6-3-1-5(2-4-6)7(12)8(10)11/h1-4,8H. The molecule has 1 unspecified atom stereocenters. The molecule has 1 aromatic rings. The van der Waals surface area contributed by atoms with E-state index >= 15 is 0 Å². The highest BCUT2D eigenvalue weighted by atomic mass is 79.9. The maximum absolute atomic E-state index is 12.4. The topological polar surface area (TPSA) is 17.1 Å². The van der Waals surface area contributed by atoms with Crippen LogP contribution in [-0.2, 0) is 0 Å². The van der Waals surface area contributed by atoms with Crippen molar-refractivity contribution in [2.45, 2.75) is 5.08 Å². The van der Waals surface area contributed by atoms with Crippen LogP contribution >= 0.6 is 31.9 Å². The van der Waals surface area contributed by atoms with Crippen molar-refractivity contribution in [3.05, 3.63) is 34.3 Å². The predicted molar refractivity (Wildman–Crippen MR) is 52.3 cm³/mol. The van der Waals surface area contributed by atoms with Gasteiger partial charge in [-0.25, -0.2) is 4.39 Å². The molecule has 0 aliphatic heterocycles. The van der Waals surface area contributed by atoms with E-state index in [1.165, 1.54) is 0 Å². The fourth-order valence-electron chi connectivity index (χ4n) is 0.740. The smallest absolute Gasteiger partial charge is 0.217 e. The van der Waals surface area contributed by atoms with Crippen LogP contribution in [0.5, 0.6) is 0 Å². The molecule has 1 aromatic carbocycles. The monoisotopic (exact) mass is 294 g/mol. The van der Waals surface area contributed by atoms with E-state index in [2.05, 4.69) is 31.9 Å². The average molecular weight is 296 g/mol. The molecule has 0 saturated carbocycles. The first kappa shape index (κ1) is 9.86. The van der Waals surface area contributed by atoms with Gasteiger partial charge in [-0.1, -0.05) is 28.1 Å². The second-order valence-corrected chi connectivity index (χ2v) is 3.89. The number of Topliss-reactive ketones (excluding diaryl/α,β-unsaturated/α-hetero) is 1. The van der Waals surface area contributed by atoms with Crippen LogP contribution in [0.3, 0.4) is 0 Å². The van der Waals surface area contributed by atoms with Crippen molar-refractivity contribution in [3.8, 4) is 0 Å². The number of carbonyl (C=O) groups excluding carboxylic acids is 1. The highest BCUT2D eigenvalue weighted by molar-refractivity contribution is 9.10. The lowest BCUT2D eigenvalue weighted by Gasteiger charge is -1.99. The van der Waals surface area contributed by atoms with E-state index in [0.29, 0.717) is 5.56 Å². The third-order valence-electron chi connectivity index (χ3n) is 1.33. The van der Waals surface area contributed by atoms with Gasteiger partial charge in [0.15, 0.2) is 0 Å². The lowest BCUT2D eigenvalue weighted by molar-refractivity contribution is 0.0942. The number of rotatable bonds is 2. The van der Waals surface area contributed by atoms with Gasteiger partial charge in [0, 0.05) is 10.0 Å². The van der Waals surface area contributed by atoms with Gasteiger partial charge in [0.05, 0.1) is 0 Å². The molecule has 0 radical (unpaired) electrons. The molecule has 0 aliphatic rings. The van der Waals surface area contributed by atoms with Crippen molar-refractivity contribution >= 4 is 37.6 Å². The van der Waals surface area contributed by atoms with Gasteiger partial charge in [0.2, 0.25) is 10.9 Å². The Labute approximate surface area is 86.2 Å². The number of benzene rings is 1. The Balaban J connectivity index is 2.90. The summed E-state index contributed by atoms with van der Waals surface area (Å²) in [5.74, 6) is -0.553. The van der Waals surface area contributed by atoms with E-state index in [9.17, 15) is 9.18 Å². The molecule has 0 N–H and O–H groups in total. The van der Waals surface area contributed by atoms with Gasteiger partial charge in [-0.2, -0.15) is 0 Å². The number of hydrogen-bond acceptors (Lipinski definition) is 1. The summed E-state index contributed by atoms with van der Waals surface area (Å²) < 4.78 is 13.3. The quantitative estimate of drug-likeness (QED) is 0.604. The Hall–Kier alpha value is -0.220. The minimum Gasteiger partial charge on any atom is -0.290 e. The fourth-order valence-corrected chi connectivity index (χ4v) is 1.27. The van der Waals surface area contributed by atoms with Crippen molar-refractivity contribution in [2.75, 3.05) is 0 Å². The minimum atomic E-state index is -1.61. The zero-order valence-corrected chi connectivity index (χ0v) is 9.10. The van der Waals surface area contributed by atoms with Crippen molar-refractivity contribution in [1.82, 2.24) is 0 Å². The third kappa shape index (κ3) is 2.38. The van der Waals surface area contributed by atoms with Gasteiger partial charge < -0.3 is 0 Å². The Bertz CT molecular complexity index is 282. The highest BCUT2D eigenvalue weighted by Crippen LogP contribution is 2.14.